The van der Waals surface area contributed by atoms with E-state index in [-0.39, 0.29) is 24.0 Å². The lowest BCUT2D eigenvalue weighted by molar-refractivity contribution is -0.0368. The van der Waals surface area contributed by atoms with E-state index in [1.807, 2.05) is 30.9 Å². The van der Waals surface area contributed by atoms with E-state index in [2.05, 4.69) is 0 Å². The molecule has 7 heteroatoms. The van der Waals surface area contributed by atoms with E-state index in [0.29, 0.717) is 48.1 Å². The predicted molar refractivity (Wildman–Crippen MR) is 121 cm³/mol. The Hall–Kier alpha value is -2.57. The molecular weight excluding hydrogens is 416 g/mol. The van der Waals surface area contributed by atoms with Gasteiger partial charge in [0.2, 0.25) is 0 Å². The van der Waals surface area contributed by atoms with Crippen LogP contribution in [-0.2, 0) is 4.74 Å². The lowest BCUT2D eigenvalue weighted by atomic mass is 10.1. The molecule has 2 unspecified atom stereocenters. The molecule has 1 aliphatic rings. The molecule has 166 valence electrons. The van der Waals surface area contributed by atoms with Crippen molar-refractivity contribution in [3.05, 3.63) is 64.7 Å². The monoisotopic (exact) mass is 444 g/mol. The van der Waals surface area contributed by atoms with Crippen molar-refractivity contribution < 1.29 is 19.1 Å². The zero-order chi connectivity index (χ0) is 22.4. The summed E-state index contributed by atoms with van der Waals surface area (Å²) in [5, 5.41) is 0.593. The molecule has 1 heterocycles. The molecule has 1 aliphatic heterocycles. The summed E-state index contributed by atoms with van der Waals surface area (Å²) in [4.78, 5) is 29.9. The summed E-state index contributed by atoms with van der Waals surface area (Å²) in [7, 11) is 1.56. The minimum atomic E-state index is -0.266. The van der Waals surface area contributed by atoms with Crippen LogP contribution in [0.3, 0.4) is 0 Å². The van der Waals surface area contributed by atoms with Gasteiger partial charge in [-0.3, -0.25) is 9.59 Å². The number of methoxy groups -OCH3 is 1. The lowest BCUT2D eigenvalue weighted by Crippen LogP contribution is -2.52. The molecule has 0 aromatic heterocycles. The second kappa shape index (κ2) is 10.6. The van der Waals surface area contributed by atoms with Crippen molar-refractivity contribution in [2.45, 2.75) is 32.4 Å². The van der Waals surface area contributed by atoms with E-state index >= 15 is 0 Å². The van der Waals surface area contributed by atoms with E-state index in [0.717, 1.165) is 6.42 Å². The van der Waals surface area contributed by atoms with Crippen LogP contribution < -0.4 is 4.74 Å². The molecule has 1 fully saturated rings. The molecule has 0 radical (unpaired) electrons. The van der Waals surface area contributed by atoms with Crippen LogP contribution in [0.5, 0.6) is 5.75 Å². The van der Waals surface area contributed by atoms with Gasteiger partial charge in [0.25, 0.3) is 11.8 Å². The standard InChI is InChI=1S/C24H29ClN2O4/c1-4-17(2)27(24(29)21-7-5-6-8-22(21)30-3)16-20-15-26(13-14-31-20)23(28)18-9-11-19(25)12-10-18/h5-12,17,20H,4,13-16H2,1-3H3. The average Bonchev–Trinajstić information content (AvgIpc) is 2.81. The first kappa shape index (κ1) is 23.1. The van der Waals surface area contributed by atoms with Crippen molar-refractivity contribution >= 4 is 23.4 Å². The van der Waals surface area contributed by atoms with Gasteiger partial charge < -0.3 is 19.3 Å². The van der Waals surface area contributed by atoms with Crippen LogP contribution in [0.2, 0.25) is 5.02 Å². The fourth-order valence-corrected chi connectivity index (χ4v) is 3.79. The number of ether oxygens (including phenoxy) is 2. The first-order chi connectivity index (χ1) is 14.9. The van der Waals surface area contributed by atoms with E-state index < -0.39 is 0 Å². The summed E-state index contributed by atoms with van der Waals surface area (Å²) in [6.07, 6.45) is 0.541. The first-order valence-corrected chi connectivity index (χ1v) is 10.9. The Balaban J connectivity index is 1.74. The van der Waals surface area contributed by atoms with Crippen LogP contribution in [0.1, 0.15) is 41.0 Å². The summed E-state index contributed by atoms with van der Waals surface area (Å²) in [6, 6.07) is 14.1. The number of rotatable bonds is 7. The van der Waals surface area contributed by atoms with Crippen molar-refractivity contribution in [2.75, 3.05) is 33.4 Å². The summed E-state index contributed by atoms with van der Waals surface area (Å²) >= 11 is 5.94. The highest BCUT2D eigenvalue weighted by Crippen LogP contribution is 2.22. The summed E-state index contributed by atoms with van der Waals surface area (Å²) in [5.41, 5.74) is 1.11. The Morgan fingerprint density at radius 1 is 1.23 bits per heavy atom. The highest BCUT2D eigenvalue weighted by atomic mass is 35.5. The maximum absolute atomic E-state index is 13.4. The van der Waals surface area contributed by atoms with Crippen molar-refractivity contribution in [3.8, 4) is 5.75 Å². The molecule has 31 heavy (non-hydrogen) atoms. The largest absolute Gasteiger partial charge is 0.496 e. The number of para-hydroxylation sites is 1. The van der Waals surface area contributed by atoms with Crippen LogP contribution in [0, 0.1) is 0 Å². The molecule has 0 saturated carbocycles. The second-order valence-corrected chi connectivity index (χ2v) is 8.10. The molecule has 3 rings (SSSR count). The number of nitrogens with zero attached hydrogens (tertiary/aromatic N) is 2. The van der Waals surface area contributed by atoms with Crippen LogP contribution in [-0.4, -0.2) is 67.1 Å². The van der Waals surface area contributed by atoms with E-state index in [4.69, 9.17) is 21.1 Å². The van der Waals surface area contributed by atoms with Gasteiger partial charge in [-0.05, 0) is 49.7 Å². The summed E-state index contributed by atoms with van der Waals surface area (Å²) < 4.78 is 11.3. The Morgan fingerprint density at radius 3 is 2.61 bits per heavy atom. The van der Waals surface area contributed by atoms with Gasteiger partial charge in [0.1, 0.15) is 5.75 Å². The van der Waals surface area contributed by atoms with Crippen LogP contribution >= 0.6 is 11.6 Å². The van der Waals surface area contributed by atoms with Crippen LogP contribution in [0.15, 0.2) is 48.5 Å². The first-order valence-electron chi connectivity index (χ1n) is 10.5. The molecule has 2 aromatic rings. The van der Waals surface area contributed by atoms with Gasteiger partial charge in [0.15, 0.2) is 0 Å². The Kier molecular flexibility index (Phi) is 7.93. The quantitative estimate of drug-likeness (QED) is 0.644. The van der Waals surface area contributed by atoms with Crippen molar-refractivity contribution in [3.63, 3.8) is 0 Å². The fraction of sp³-hybridized carbons (Fsp3) is 0.417. The van der Waals surface area contributed by atoms with Gasteiger partial charge in [0, 0.05) is 36.3 Å². The molecule has 2 aromatic carbocycles. The molecule has 2 atom stereocenters. The molecule has 0 aliphatic carbocycles. The smallest absolute Gasteiger partial charge is 0.257 e. The number of hydrogen-bond acceptors (Lipinski definition) is 4. The van der Waals surface area contributed by atoms with Crippen molar-refractivity contribution in [2.24, 2.45) is 0 Å². The molecule has 0 bridgehead atoms. The minimum absolute atomic E-state index is 0.0170. The normalized spacial score (nSPS) is 17.2. The topological polar surface area (TPSA) is 59.1 Å². The van der Waals surface area contributed by atoms with Crippen molar-refractivity contribution in [1.82, 2.24) is 9.80 Å². The Morgan fingerprint density at radius 2 is 1.94 bits per heavy atom. The predicted octanol–water partition coefficient (Wildman–Crippen LogP) is 4.13. The number of hydrogen-bond donors (Lipinski definition) is 0. The third kappa shape index (κ3) is 5.57. The maximum atomic E-state index is 13.4. The average molecular weight is 445 g/mol. The van der Waals surface area contributed by atoms with Crippen LogP contribution in [0.4, 0.5) is 0 Å². The molecule has 2 amide bonds. The third-order valence-corrected chi connectivity index (χ3v) is 5.89. The molecule has 0 N–H and O–H groups in total. The van der Waals surface area contributed by atoms with Crippen LogP contribution in [0.25, 0.3) is 0 Å². The van der Waals surface area contributed by atoms with Gasteiger partial charge in [-0.2, -0.15) is 0 Å². The lowest BCUT2D eigenvalue weighted by Gasteiger charge is -2.37. The number of halogens is 1. The SMILES string of the molecule is CCC(C)N(CC1CN(C(=O)c2ccc(Cl)cc2)CCO1)C(=O)c1ccccc1OC. The summed E-state index contributed by atoms with van der Waals surface area (Å²) in [6.45, 7) is 5.84. The summed E-state index contributed by atoms with van der Waals surface area (Å²) in [5.74, 6) is 0.387. The van der Waals surface area contributed by atoms with E-state index in [1.165, 1.54) is 0 Å². The number of carbonyl (C=O) groups excluding carboxylic acids is 2. The zero-order valence-electron chi connectivity index (χ0n) is 18.2. The Bertz CT molecular complexity index is 903. The van der Waals surface area contributed by atoms with E-state index in [1.54, 1.807) is 48.4 Å². The number of benzene rings is 2. The third-order valence-electron chi connectivity index (χ3n) is 5.64. The van der Waals surface area contributed by atoms with Gasteiger partial charge in [-0.15, -0.1) is 0 Å². The second-order valence-electron chi connectivity index (χ2n) is 7.67. The molecule has 1 saturated heterocycles. The highest BCUT2D eigenvalue weighted by molar-refractivity contribution is 6.30. The maximum Gasteiger partial charge on any atom is 0.257 e. The molecular formula is C24H29ClN2O4. The van der Waals surface area contributed by atoms with Crippen molar-refractivity contribution in [1.29, 1.82) is 0 Å². The highest BCUT2D eigenvalue weighted by Gasteiger charge is 2.30. The Labute approximate surface area is 188 Å². The molecule has 0 spiro atoms. The minimum Gasteiger partial charge on any atom is -0.496 e. The number of amides is 2. The zero-order valence-corrected chi connectivity index (χ0v) is 19.0. The van der Waals surface area contributed by atoms with E-state index in [9.17, 15) is 9.59 Å². The van der Waals surface area contributed by atoms with Gasteiger partial charge in [0.05, 0.1) is 25.4 Å². The molecule has 6 nitrogen and oxygen atoms in total. The number of carbonyl (C=O) groups is 2. The number of morpholine rings is 1. The van der Waals surface area contributed by atoms with Gasteiger partial charge in [-0.25, -0.2) is 0 Å². The fourth-order valence-electron chi connectivity index (χ4n) is 3.67. The van der Waals surface area contributed by atoms with Gasteiger partial charge in [-0.1, -0.05) is 30.7 Å². The van der Waals surface area contributed by atoms with Gasteiger partial charge >= 0.3 is 0 Å².